The van der Waals surface area contributed by atoms with E-state index in [2.05, 4.69) is 10.3 Å². The molecule has 0 aromatic carbocycles. The molecule has 1 amide bonds. The summed E-state index contributed by atoms with van der Waals surface area (Å²) in [4.78, 5) is 15.8. The number of thiazole rings is 1. The summed E-state index contributed by atoms with van der Waals surface area (Å²) >= 11 is 2.82. The van der Waals surface area contributed by atoms with Crippen LogP contribution in [0.15, 0.2) is 22.2 Å². The van der Waals surface area contributed by atoms with Gasteiger partial charge in [0.15, 0.2) is 0 Å². The lowest BCUT2D eigenvalue weighted by Crippen LogP contribution is -2.35. The number of nitrogens with one attached hydrogen (secondary N) is 1. The molecule has 19 heavy (non-hydrogen) atoms. The van der Waals surface area contributed by atoms with E-state index in [1.54, 1.807) is 5.38 Å². The van der Waals surface area contributed by atoms with E-state index in [0.717, 1.165) is 5.56 Å². The van der Waals surface area contributed by atoms with Crippen LogP contribution in [0.3, 0.4) is 0 Å². The van der Waals surface area contributed by atoms with Gasteiger partial charge >= 0.3 is 0 Å². The zero-order valence-corrected chi connectivity index (χ0v) is 11.2. The van der Waals surface area contributed by atoms with Gasteiger partial charge < -0.3 is 10.4 Å². The van der Waals surface area contributed by atoms with E-state index in [9.17, 15) is 13.6 Å². The van der Waals surface area contributed by atoms with E-state index < -0.39 is 25.0 Å². The number of aromatic nitrogens is 1. The molecule has 2 aromatic heterocycles. The minimum atomic E-state index is -2.88. The second-order valence-corrected chi connectivity index (χ2v) is 5.30. The number of amides is 1. The first kappa shape index (κ1) is 14.0. The van der Waals surface area contributed by atoms with E-state index in [4.69, 9.17) is 5.11 Å². The Morgan fingerprint density at radius 1 is 1.47 bits per heavy atom. The first-order valence-electron chi connectivity index (χ1n) is 5.30. The van der Waals surface area contributed by atoms with Gasteiger partial charge in [-0.15, -0.1) is 11.3 Å². The van der Waals surface area contributed by atoms with E-state index >= 15 is 0 Å². The Balaban J connectivity index is 1.97. The molecule has 2 N–H and O–H groups in total. The second kappa shape index (κ2) is 6.18. The number of alkyl halides is 2. The predicted molar refractivity (Wildman–Crippen MR) is 69.8 cm³/mol. The summed E-state index contributed by atoms with van der Waals surface area (Å²) in [5.74, 6) is -0.572. The third-order valence-corrected chi connectivity index (χ3v) is 3.84. The molecule has 8 heteroatoms. The van der Waals surface area contributed by atoms with Crippen molar-refractivity contribution in [3.05, 3.63) is 27.9 Å². The summed E-state index contributed by atoms with van der Waals surface area (Å²) in [6.07, 6.45) is -4.74. The van der Waals surface area contributed by atoms with Crippen LogP contribution in [0, 0.1) is 0 Å². The van der Waals surface area contributed by atoms with Crippen molar-refractivity contribution in [2.45, 2.75) is 12.5 Å². The number of rotatable bonds is 5. The minimum Gasteiger partial charge on any atom is -0.385 e. The SMILES string of the molecule is O=C(NCC(O)C(F)F)c1csc(-c2ccsc2)n1. The number of aliphatic hydroxyl groups excluding tert-OH is 1. The Bertz CT molecular complexity index is 543. The Morgan fingerprint density at radius 3 is 2.89 bits per heavy atom. The van der Waals surface area contributed by atoms with Gasteiger partial charge in [0.25, 0.3) is 12.3 Å². The molecule has 0 saturated carbocycles. The quantitative estimate of drug-likeness (QED) is 0.890. The molecule has 0 spiro atoms. The molecule has 0 aliphatic rings. The van der Waals surface area contributed by atoms with Gasteiger partial charge in [0.05, 0.1) is 0 Å². The molecular formula is C11H10F2N2O2S2. The second-order valence-electron chi connectivity index (χ2n) is 3.66. The first-order valence-corrected chi connectivity index (χ1v) is 7.12. The molecule has 1 unspecified atom stereocenters. The molecule has 2 rings (SSSR count). The molecule has 0 bridgehead atoms. The van der Waals surface area contributed by atoms with Crippen LogP contribution in [0.4, 0.5) is 8.78 Å². The molecule has 0 aliphatic heterocycles. The number of carbonyl (C=O) groups excluding carboxylic acids is 1. The summed E-state index contributed by atoms with van der Waals surface area (Å²) in [7, 11) is 0. The zero-order valence-electron chi connectivity index (χ0n) is 9.55. The van der Waals surface area contributed by atoms with Gasteiger partial charge in [-0.3, -0.25) is 4.79 Å². The molecule has 102 valence electrons. The number of nitrogens with zero attached hydrogens (tertiary/aromatic N) is 1. The third kappa shape index (κ3) is 3.55. The van der Waals surface area contributed by atoms with Gasteiger partial charge in [-0.1, -0.05) is 0 Å². The van der Waals surface area contributed by atoms with Crippen LogP contribution >= 0.6 is 22.7 Å². The fourth-order valence-corrected chi connectivity index (χ4v) is 2.79. The maximum atomic E-state index is 12.1. The third-order valence-electron chi connectivity index (χ3n) is 2.27. The van der Waals surface area contributed by atoms with Crippen LogP contribution < -0.4 is 5.32 Å². The summed E-state index contributed by atoms with van der Waals surface area (Å²) in [5, 5.41) is 17.2. The molecule has 0 radical (unpaired) electrons. The number of carbonyl (C=O) groups is 1. The average Bonchev–Trinajstić information content (AvgIpc) is 3.04. The smallest absolute Gasteiger partial charge is 0.270 e. The zero-order chi connectivity index (χ0) is 13.8. The van der Waals surface area contributed by atoms with E-state index in [0.29, 0.717) is 5.01 Å². The van der Waals surface area contributed by atoms with E-state index in [1.165, 1.54) is 22.7 Å². The normalized spacial score (nSPS) is 12.6. The Morgan fingerprint density at radius 2 is 2.26 bits per heavy atom. The fourth-order valence-electron chi connectivity index (χ4n) is 1.27. The van der Waals surface area contributed by atoms with Crippen molar-refractivity contribution in [3.8, 4) is 10.6 Å². The van der Waals surface area contributed by atoms with Crippen LogP contribution in [0.25, 0.3) is 10.6 Å². The fraction of sp³-hybridized carbons (Fsp3) is 0.273. The van der Waals surface area contributed by atoms with Gasteiger partial charge in [0.1, 0.15) is 16.8 Å². The summed E-state index contributed by atoms with van der Waals surface area (Å²) in [5.41, 5.74) is 1.08. The van der Waals surface area contributed by atoms with Gasteiger partial charge in [-0.05, 0) is 11.4 Å². The molecule has 4 nitrogen and oxygen atoms in total. The highest BCUT2D eigenvalue weighted by molar-refractivity contribution is 7.14. The van der Waals surface area contributed by atoms with Crippen molar-refractivity contribution >= 4 is 28.6 Å². The molecule has 1 atom stereocenters. The van der Waals surface area contributed by atoms with Crippen molar-refractivity contribution in [1.29, 1.82) is 0 Å². The molecule has 0 aliphatic carbocycles. The average molecular weight is 304 g/mol. The van der Waals surface area contributed by atoms with Crippen LogP contribution in [0.1, 0.15) is 10.5 Å². The minimum absolute atomic E-state index is 0.160. The molecule has 2 aromatic rings. The highest BCUT2D eigenvalue weighted by Gasteiger charge is 2.19. The van der Waals surface area contributed by atoms with Crippen molar-refractivity contribution in [3.63, 3.8) is 0 Å². The highest BCUT2D eigenvalue weighted by Crippen LogP contribution is 2.25. The summed E-state index contributed by atoms with van der Waals surface area (Å²) in [6.45, 7) is -0.498. The lowest BCUT2D eigenvalue weighted by molar-refractivity contribution is -0.00272. The Hall–Kier alpha value is -1.38. The van der Waals surface area contributed by atoms with E-state index in [-0.39, 0.29) is 5.69 Å². The van der Waals surface area contributed by atoms with Crippen LogP contribution in [-0.4, -0.2) is 35.1 Å². The standard InChI is InChI=1S/C11H10F2N2O2S2/c12-9(13)8(16)3-14-10(17)7-5-19-11(15-7)6-1-2-18-4-6/h1-2,4-5,8-9,16H,3H2,(H,14,17). The van der Waals surface area contributed by atoms with Crippen molar-refractivity contribution in [2.75, 3.05) is 6.54 Å². The maximum Gasteiger partial charge on any atom is 0.270 e. The molecule has 0 fully saturated rings. The Labute approximate surface area is 115 Å². The van der Waals surface area contributed by atoms with Gasteiger partial charge in [0, 0.05) is 22.9 Å². The van der Waals surface area contributed by atoms with Crippen LogP contribution in [0.2, 0.25) is 0 Å². The lowest BCUT2D eigenvalue weighted by atomic mass is 10.3. The summed E-state index contributed by atoms with van der Waals surface area (Å²) < 4.78 is 24.1. The molecular weight excluding hydrogens is 294 g/mol. The number of hydrogen-bond donors (Lipinski definition) is 2. The number of halogens is 2. The van der Waals surface area contributed by atoms with Gasteiger partial charge in [-0.2, -0.15) is 11.3 Å². The first-order chi connectivity index (χ1) is 9.08. The topological polar surface area (TPSA) is 62.2 Å². The van der Waals surface area contributed by atoms with Crippen molar-refractivity contribution < 1.29 is 18.7 Å². The van der Waals surface area contributed by atoms with Crippen LogP contribution in [0.5, 0.6) is 0 Å². The molecule has 0 saturated heterocycles. The monoisotopic (exact) mass is 304 g/mol. The number of hydrogen-bond acceptors (Lipinski definition) is 5. The number of aliphatic hydroxyl groups is 1. The maximum absolute atomic E-state index is 12.1. The number of thiophene rings is 1. The van der Waals surface area contributed by atoms with Gasteiger partial charge in [0.2, 0.25) is 0 Å². The summed E-state index contributed by atoms with van der Waals surface area (Å²) in [6, 6.07) is 1.88. The lowest BCUT2D eigenvalue weighted by Gasteiger charge is -2.09. The van der Waals surface area contributed by atoms with Gasteiger partial charge in [-0.25, -0.2) is 13.8 Å². The largest absolute Gasteiger partial charge is 0.385 e. The van der Waals surface area contributed by atoms with Crippen LogP contribution in [-0.2, 0) is 0 Å². The Kier molecular flexibility index (Phi) is 4.56. The predicted octanol–water partition coefficient (Wildman–Crippen LogP) is 2.23. The van der Waals surface area contributed by atoms with E-state index in [1.807, 2.05) is 16.8 Å². The molecule has 2 heterocycles. The highest BCUT2D eigenvalue weighted by atomic mass is 32.1. The van der Waals surface area contributed by atoms with Crippen molar-refractivity contribution in [2.24, 2.45) is 0 Å². The van der Waals surface area contributed by atoms with Crippen molar-refractivity contribution in [1.82, 2.24) is 10.3 Å².